The third-order valence-corrected chi connectivity index (χ3v) is 7.02. The van der Waals surface area contributed by atoms with Crippen molar-refractivity contribution in [3.8, 4) is 5.75 Å². The lowest BCUT2D eigenvalue weighted by Crippen LogP contribution is -2.42. The van der Waals surface area contributed by atoms with Gasteiger partial charge in [-0.25, -0.2) is 12.7 Å². The first kappa shape index (κ1) is 23.4. The first-order valence-corrected chi connectivity index (χ1v) is 11.9. The lowest BCUT2D eigenvalue weighted by molar-refractivity contribution is -0.131. The van der Waals surface area contributed by atoms with Gasteiger partial charge in [-0.2, -0.15) is 0 Å². The van der Waals surface area contributed by atoms with Crippen molar-refractivity contribution in [3.63, 3.8) is 0 Å². The number of carbonyl (C=O) groups excluding carboxylic acids is 2. The van der Waals surface area contributed by atoms with Gasteiger partial charge in [0.1, 0.15) is 12.3 Å². The van der Waals surface area contributed by atoms with E-state index in [1.165, 1.54) is 24.3 Å². The zero-order chi connectivity index (χ0) is 22.6. The van der Waals surface area contributed by atoms with E-state index >= 15 is 0 Å². The number of benzene rings is 2. The van der Waals surface area contributed by atoms with E-state index in [2.05, 4.69) is 5.32 Å². The van der Waals surface area contributed by atoms with Crippen molar-refractivity contribution in [2.45, 2.75) is 24.7 Å². The van der Waals surface area contributed by atoms with Gasteiger partial charge in [0.15, 0.2) is 0 Å². The minimum Gasteiger partial charge on any atom is -0.493 e. The lowest BCUT2D eigenvalue weighted by Gasteiger charge is -2.23. The van der Waals surface area contributed by atoms with Gasteiger partial charge in [0.2, 0.25) is 11.8 Å². The molecule has 166 valence electrons. The predicted octanol–water partition coefficient (Wildman–Crippen LogP) is 3.29. The van der Waals surface area contributed by atoms with Crippen LogP contribution in [0.15, 0.2) is 47.4 Å². The zero-order valence-electron chi connectivity index (χ0n) is 16.8. The minimum absolute atomic E-state index is 0.00400. The highest BCUT2D eigenvalue weighted by molar-refractivity contribution is 7.89. The van der Waals surface area contributed by atoms with E-state index < -0.39 is 34.3 Å². The molecule has 1 heterocycles. The highest BCUT2D eigenvalue weighted by Crippen LogP contribution is 2.28. The highest BCUT2D eigenvalue weighted by Gasteiger charge is 2.38. The van der Waals surface area contributed by atoms with Crippen LogP contribution in [-0.4, -0.2) is 44.2 Å². The Hall–Kier alpha value is -2.29. The molecule has 1 aliphatic heterocycles. The summed E-state index contributed by atoms with van der Waals surface area (Å²) in [5.74, 6) is -1.46. The molecule has 0 aliphatic carbocycles. The number of carbonyl (C=O) groups is 2. The normalized spacial score (nSPS) is 17.3. The molecule has 1 fully saturated rings. The van der Waals surface area contributed by atoms with Gasteiger partial charge in [-0.05, 0) is 60.9 Å². The second kappa shape index (κ2) is 9.89. The fourth-order valence-corrected chi connectivity index (χ4v) is 4.94. The van der Waals surface area contributed by atoms with E-state index in [0.717, 1.165) is 6.42 Å². The third kappa shape index (κ3) is 5.50. The average molecular weight is 485 g/mol. The number of nitrogens with one attached hydrogen (secondary N) is 1. The molecule has 7 nitrogen and oxygen atoms in total. The summed E-state index contributed by atoms with van der Waals surface area (Å²) >= 11 is 12.0. The number of amides is 2. The maximum atomic E-state index is 13.2. The number of sulfonamides is 1. The number of hydrogen-bond donors (Lipinski definition) is 1. The van der Waals surface area contributed by atoms with Gasteiger partial charge in [-0.1, -0.05) is 30.1 Å². The van der Waals surface area contributed by atoms with Crippen LogP contribution in [0.5, 0.6) is 5.75 Å². The Morgan fingerprint density at radius 1 is 1.10 bits per heavy atom. The Morgan fingerprint density at radius 3 is 2.45 bits per heavy atom. The molecule has 1 saturated heterocycles. The van der Waals surface area contributed by atoms with Crippen LogP contribution in [-0.2, 0) is 26.0 Å². The fourth-order valence-electron chi connectivity index (χ4n) is 3.21. The van der Waals surface area contributed by atoms with Crippen LogP contribution in [0.3, 0.4) is 0 Å². The second-order valence-corrected chi connectivity index (χ2v) is 9.84. The van der Waals surface area contributed by atoms with Crippen molar-refractivity contribution >= 4 is 45.0 Å². The van der Waals surface area contributed by atoms with Gasteiger partial charge in [-0.3, -0.25) is 9.59 Å². The molecule has 0 saturated carbocycles. The monoisotopic (exact) mass is 484 g/mol. The van der Waals surface area contributed by atoms with Gasteiger partial charge in [0.25, 0.3) is 10.0 Å². The van der Waals surface area contributed by atoms with Crippen LogP contribution < -0.4 is 10.1 Å². The SMILES string of the molecule is CCCOc1ccc(Cl)cc1CC1CNC(=O)CN(S(=O)(=O)c2ccc(Cl)cc2)C1=O. The number of hydrogen-bond acceptors (Lipinski definition) is 5. The van der Waals surface area contributed by atoms with Crippen LogP contribution in [0.25, 0.3) is 0 Å². The summed E-state index contributed by atoms with van der Waals surface area (Å²) in [6, 6.07) is 10.5. The Balaban J connectivity index is 1.92. The number of ether oxygens (including phenoxy) is 1. The summed E-state index contributed by atoms with van der Waals surface area (Å²) in [5.41, 5.74) is 0.666. The van der Waals surface area contributed by atoms with Gasteiger partial charge in [-0.15, -0.1) is 0 Å². The molecule has 3 rings (SSSR count). The molecule has 1 atom stereocenters. The number of halogens is 2. The second-order valence-electron chi connectivity index (χ2n) is 7.11. The van der Waals surface area contributed by atoms with Crippen molar-refractivity contribution in [1.29, 1.82) is 0 Å². The molecule has 31 heavy (non-hydrogen) atoms. The number of rotatable bonds is 7. The molecule has 2 aromatic rings. The van der Waals surface area contributed by atoms with Crippen molar-refractivity contribution in [3.05, 3.63) is 58.1 Å². The molecule has 2 aromatic carbocycles. The van der Waals surface area contributed by atoms with Crippen molar-refractivity contribution in [2.24, 2.45) is 5.92 Å². The van der Waals surface area contributed by atoms with Crippen LogP contribution in [0.1, 0.15) is 18.9 Å². The average Bonchev–Trinajstić information content (AvgIpc) is 2.87. The van der Waals surface area contributed by atoms with Gasteiger partial charge in [0.05, 0.1) is 17.4 Å². The van der Waals surface area contributed by atoms with Gasteiger partial charge < -0.3 is 10.1 Å². The molecule has 1 aliphatic rings. The van der Waals surface area contributed by atoms with Crippen LogP contribution in [0.2, 0.25) is 10.0 Å². The standard InChI is InChI=1S/C21H22Cl2N2O5S/c1-2-9-30-19-8-5-17(23)11-14(19)10-15-12-24-20(26)13-25(21(15)27)31(28,29)18-6-3-16(22)4-7-18/h3-8,11,15H,2,9-10,12-13H2,1H3,(H,24,26). The summed E-state index contributed by atoms with van der Waals surface area (Å²) in [6.07, 6.45) is 0.957. The third-order valence-electron chi connectivity index (χ3n) is 4.78. The maximum absolute atomic E-state index is 13.2. The fraction of sp³-hybridized carbons (Fsp3) is 0.333. The van der Waals surface area contributed by atoms with E-state index in [1.54, 1.807) is 18.2 Å². The molecule has 0 radical (unpaired) electrons. The topological polar surface area (TPSA) is 92.8 Å². The Kier molecular flexibility index (Phi) is 7.46. The Bertz CT molecular complexity index is 1070. The molecule has 1 N–H and O–H groups in total. The molecule has 10 heteroatoms. The highest BCUT2D eigenvalue weighted by atomic mass is 35.5. The molecule has 0 aromatic heterocycles. The Labute approximate surface area is 191 Å². The van der Waals surface area contributed by atoms with Crippen molar-refractivity contribution < 1.29 is 22.7 Å². The van der Waals surface area contributed by atoms with Crippen LogP contribution in [0.4, 0.5) is 0 Å². The Morgan fingerprint density at radius 2 is 1.77 bits per heavy atom. The van der Waals surface area contributed by atoms with E-state index in [-0.39, 0.29) is 17.9 Å². The quantitative estimate of drug-likeness (QED) is 0.650. The largest absolute Gasteiger partial charge is 0.493 e. The lowest BCUT2D eigenvalue weighted by atomic mass is 9.98. The first-order chi connectivity index (χ1) is 14.7. The van der Waals surface area contributed by atoms with E-state index in [4.69, 9.17) is 27.9 Å². The summed E-state index contributed by atoms with van der Waals surface area (Å²) in [5, 5.41) is 3.45. The molecule has 0 spiro atoms. The maximum Gasteiger partial charge on any atom is 0.266 e. The summed E-state index contributed by atoms with van der Waals surface area (Å²) in [7, 11) is -4.23. The first-order valence-electron chi connectivity index (χ1n) is 9.72. The summed E-state index contributed by atoms with van der Waals surface area (Å²) < 4.78 is 32.6. The smallest absolute Gasteiger partial charge is 0.266 e. The summed E-state index contributed by atoms with van der Waals surface area (Å²) in [4.78, 5) is 25.3. The molecular formula is C21H22Cl2N2O5S. The van der Waals surface area contributed by atoms with E-state index in [0.29, 0.717) is 32.3 Å². The van der Waals surface area contributed by atoms with Crippen LogP contribution in [0, 0.1) is 5.92 Å². The van der Waals surface area contributed by atoms with E-state index in [9.17, 15) is 18.0 Å². The van der Waals surface area contributed by atoms with Gasteiger partial charge >= 0.3 is 0 Å². The minimum atomic E-state index is -4.23. The molecule has 0 bridgehead atoms. The van der Waals surface area contributed by atoms with Crippen LogP contribution >= 0.6 is 23.2 Å². The zero-order valence-corrected chi connectivity index (χ0v) is 19.1. The molecular weight excluding hydrogens is 463 g/mol. The predicted molar refractivity (Wildman–Crippen MR) is 118 cm³/mol. The van der Waals surface area contributed by atoms with Crippen molar-refractivity contribution in [1.82, 2.24) is 9.62 Å². The molecule has 1 unspecified atom stereocenters. The van der Waals surface area contributed by atoms with Crippen molar-refractivity contribution in [2.75, 3.05) is 19.7 Å². The van der Waals surface area contributed by atoms with Gasteiger partial charge in [0, 0.05) is 16.6 Å². The number of nitrogens with zero attached hydrogens (tertiary/aromatic N) is 1. The summed E-state index contributed by atoms with van der Waals surface area (Å²) in [6.45, 7) is 1.87. The molecule has 2 amide bonds. The van der Waals surface area contributed by atoms with E-state index in [1.807, 2.05) is 6.92 Å².